The van der Waals surface area contributed by atoms with E-state index in [1.165, 1.54) is 27.3 Å². The van der Waals surface area contributed by atoms with E-state index in [2.05, 4.69) is 20.4 Å². The highest BCUT2D eigenvalue weighted by atomic mass is 32.2. The van der Waals surface area contributed by atoms with Crippen molar-refractivity contribution in [2.24, 2.45) is 5.41 Å². The van der Waals surface area contributed by atoms with Gasteiger partial charge in [-0.1, -0.05) is 16.9 Å². The van der Waals surface area contributed by atoms with E-state index in [-0.39, 0.29) is 47.9 Å². The van der Waals surface area contributed by atoms with Crippen molar-refractivity contribution in [3.63, 3.8) is 0 Å². The fourth-order valence-electron chi connectivity index (χ4n) is 5.31. The van der Waals surface area contributed by atoms with Crippen LogP contribution in [0.1, 0.15) is 48.1 Å². The number of hydrogen-bond donors (Lipinski definition) is 0. The average molecular weight is 548 g/mol. The van der Waals surface area contributed by atoms with Crippen LogP contribution in [0.3, 0.4) is 0 Å². The Labute approximate surface area is 224 Å². The number of halogens is 1. The Balaban J connectivity index is 1.43. The van der Waals surface area contributed by atoms with Gasteiger partial charge in [0.15, 0.2) is 5.78 Å². The maximum atomic E-state index is 14.2. The molecule has 0 spiro atoms. The summed E-state index contributed by atoms with van der Waals surface area (Å²) in [6.07, 6.45) is 7.16. The van der Waals surface area contributed by atoms with Crippen molar-refractivity contribution in [2.45, 2.75) is 37.8 Å². The summed E-state index contributed by atoms with van der Waals surface area (Å²) in [6.45, 7) is 3.89. The van der Waals surface area contributed by atoms with E-state index in [4.69, 9.17) is 0 Å². The third-order valence-electron chi connectivity index (χ3n) is 7.41. The van der Waals surface area contributed by atoms with Gasteiger partial charge in [0.1, 0.15) is 11.5 Å². The Hall–Kier alpha value is -4.03. The molecule has 0 radical (unpaired) electrons. The van der Waals surface area contributed by atoms with E-state index in [9.17, 15) is 17.6 Å². The molecule has 10 nitrogen and oxygen atoms in total. The minimum absolute atomic E-state index is 0.0520. The van der Waals surface area contributed by atoms with Gasteiger partial charge in [-0.3, -0.25) is 9.78 Å². The topological polar surface area (TPSA) is 116 Å². The molecule has 1 aliphatic carbocycles. The molecule has 0 bridgehead atoms. The van der Waals surface area contributed by atoms with Crippen LogP contribution in [0.25, 0.3) is 11.8 Å². The first kappa shape index (κ1) is 25.3. The third kappa shape index (κ3) is 4.20. The van der Waals surface area contributed by atoms with Crippen LogP contribution in [0.15, 0.2) is 71.7 Å². The number of aromatic nitrogens is 6. The molecule has 0 amide bonds. The fourth-order valence-corrected chi connectivity index (χ4v) is 6.68. The Kier molecular flexibility index (Phi) is 6.03. The normalized spacial score (nSPS) is 19.4. The van der Waals surface area contributed by atoms with Crippen LogP contribution >= 0.6 is 0 Å². The Morgan fingerprint density at radius 3 is 2.62 bits per heavy atom. The van der Waals surface area contributed by atoms with Crippen LogP contribution < -0.4 is 0 Å². The smallest absolute Gasteiger partial charge is 0.264 e. The number of Topliss-reactive ketones (excluding diaryl/α,β-unsaturated/α-hetero) is 1. The van der Waals surface area contributed by atoms with Crippen LogP contribution in [0, 0.1) is 11.2 Å². The van der Waals surface area contributed by atoms with Gasteiger partial charge in [0.2, 0.25) is 5.03 Å². The first-order valence-electron chi connectivity index (χ1n) is 12.6. The minimum Gasteiger partial charge on any atom is -0.291 e. The molecule has 4 aromatic rings. The Bertz CT molecular complexity index is 1690. The van der Waals surface area contributed by atoms with Crippen molar-refractivity contribution >= 4 is 21.9 Å². The Morgan fingerprint density at radius 1 is 1.13 bits per heavy atom. The van der Waals surface area contributed by atoms with Crippen molar-refractivity contribution in [2.75, 3.05) is 13.1 Å². The molecule has 0 N–H and O–H groups in total. The second-order valence-corrected chi connectivity index (χ2v) is 12.0. The van der Waals surface area contributed by atoms with Gasteiger partial charge in [0, 0.05) is 25.3 Å². The number of carbonyl (C=O) groups is 1. The van der Waals surface area contributed by atoms with Crippen molar-refractivity contribution in [1.29, 1.82) is 0 Å². The molecule has 1 aromatic carbocycles. The van der Waals surface area contributed by atoms with E-state index < -0.39 is 15.4 Å². The monoisotopic (exact) mass is 547 g/mol. The summed E-state index contributed by atoms with van der Waals surface area (Å²) in [4.78, 5) is 18.5. The lowest BCUT2D eigenvalue weighted by Crippen LogP contribution is -2.53. The SMILES string of the molecule is CC(C)n1cc(S(=O)(=O)N2CCC3=Cc4c(cnn4-c4ccc(F)cc4)CC3(C(=O)c3ccccn3)C2)nn1. The second kappa shape index (κ2) is 9.31. The predicted molar refractivity (Wildman–Crippen MR) is 140 cm³/mol. The number of benzene rings is 1. The van der Waals surface area contributed by atoms with Gasteiger partial charge in [0.25, 0.3) is 10.0 Å². The molecule has 0 saturated carbocycles. The van der Waals surface area contributed by atoms with Gasteiger partial charge >= 0.3 is 0 Å². The molecule has 39 heavy (non-hydrogen) atoms. The number of pyridine rings is 1. The highest BCUT2D eigenvalue weighted by Gasteiger charge is 2.51. The fraction of sp³-hybridized carbons (Fsp3) is 0.296. The number of ketones is 1. The number of piperidine rings is 1. The van der Waals surface area contributed by atoms with Crippen molar-refractivity contribution in [1.82, 2.24) is 34.1 Å². The van der Waals surface area contributed by atoms with Crippen molar-refractivity contribution < 1.29 is 17.6 Å². The van der Waals surface area contributed by atoms with Gasteiger partial charge in [0.05, 0.1) is 29.2 Å². The molecule has 4 heterocycles. The molecule has 12 heteroatoms. The lowest BCUT2D eigenvalue weighted by Gasteiger charge is -2.44. The summed E-state index contributed by atoms with van der Waals surface area (Å²) < 4.78 is 45.4. The average Bonchev–Trinajstić information content (AvgIpc) is 3.60. The molecular weight excluding hydrogens is 521 g/mol. The Morgan fingerprint density at radius 2 is 1.92 bits per heavy atom. The lowest BCUT2D eigenvalue weighted by atomic mass is 9.65. The number of hydrogen-bond acceptors (Lipinski definition) is 7. The van der Waals surface area contributed by atoms with Crippen molar-refractivity contribution in [3.05, 3.63) is 89.4 Å². The standard InChI is InChI=1S/C27H26FN7O3S/c1-18(2)34-16-25(31-32-34)39(37,38)33-12-10-20-13-24-19(15-30-35(24)22-8-6-21(28)7-9-22)14-27(20,17-33)26(36)23-5-3-4-11-29-23/h3-9,11,13,15-16,18H,10,12,14,17H2,1-2H3. The van der Waals surface area contributed by atoms with Crippen LogP contribution in [-0.4, -0.2) is 61.4 Å². The van der Waals surface area contributed by atoms with Gasteiger partial charge in [-0.05, 0) is 74.7 Å². The second-order valence-electron chi connectivity index (χ2n) is 10.1. The number of carbonyl (C=O) groups excluding carboxylic acids is 1. The van der Waals surface area contributed by atoms with Crippen molar-refractivity contribution in [3.8, 4) is 5.69 Å². The minimum atomic E-state index is -4.02. The van der Waals surface area contributed by atoms with Gasteiger partial charge < -0.3 is 0 Å². The molecule has 200 valence electrons. The van der Waals surface area contributed by atoms with Gasteiger partial charge in [-0.15, -0.1) is 5.10 Å². The zero-order valence-corrected chi connectivity index (χ0v) is 22.2. The third-order valence-corrected chi connectivity index (χ3v) is 9.11. The van der Waals surface area contributed by atoms with E-state index >= 15 is 0 Å². The maximum absolute atomic E-state index is 14.2. The number of rotatable bonds is 6. The number of fused-ring (bicyclic) bond motifs is 2. The summed E-state index contributed by atoms with van der Waals surface area (Å²) in [5.41, 5.74) is 2.17. The molecule has 3 aromatic heterocycles. The molecule has 2 aliphatic rings. The zero-order valence-electron chi connectivity index (χ0n) is 21.4. The predicted octanol–water partition coefficient (Wildman–Crippen LogP) is 3.48. The first-order chi connectivity index (χ1) is 18.7. The molecule has 1 aliphatic heterocycles. The molecule has 1 saturated heterocycles. The molecule has 1 unspecified atom stereocenters. The molecular formula is C27H26FN7O3S. The number of nitrogens with zero attached hydrogens (tertiary/aromatic N) is 7. The first-order valence-corrected chi connectivity index (χ1v) is 14.0. The van der Waals surface area contributed by atoms with Crippen LogP contribution in [0.2, 0.25) is 0 Å². The maximum Gasteiger partial charge on any atom is 0.264 e. The zero-order chi connectivity index (χ0) is 27.4. The molecule has 6 rings (SSSR count). The summed E-state index contributed by atoms with van der Waals surface area (Å²) in [5, 5.41) is 12.3. The quantitative estimate of drug-likeness (QED) is 0.339. The van der Waals surface area contributed by atoms with E-state index in [1.54, 1.807) is 47.4 Å². The van der Waals surface area contributed by atoms with Crippen LogP contribution in [-0.2, 0) is 16.4 Å². The van der Waals surface area contributed by atoms with Crippen LogP contribution in [0.5, 0.6) is 0 Å². The van der Waals surface area contributed by atoms with E-state index in [0.717, 1.165) is 16.8 Å². The molecule has 1 atom stereocenters. The number of sulfonamides is 1. The highest BCUT2D eigenvalue weighted by Crippen LogP contribution is 2.47. The summed E-state index contributed by atoms with van der Waals surface area (Å²) in [7, 11) is -4.02. The highest BCUT2D eigenvalue weighted by molar-refractivity contribution is 7.89. The lowest BCUT2D eigenvalue weighted by molar-refractivity contribution is 0.0770. The van der Waals surface area contributed by atoms with Crippen LogP contribution in [0.4, 0.5) is 4.39 Å². The largest absolute Gasteiger partial charge is 0.291 e. The van der Waals surface area contributed by atoms with E-state index in [1.807, 2.05) is 19.9 Å². The summed E-state index contributed by atoms with van der Waals surface area (Å²) >= 11 is 0. The van der Waals surface area contributed by atoms with E-state index in [0.29, 0.717) is 12.1 Å². The summed E-state index contributed by atoms with van der Waals surface area (Å²) in [6, 6.07) is 11.1. The molecule has 1 fully saturated rings. The summed E-state index contributed by atoms with van der Waals surface area (Å²) in [5.74, 6) is -0.597. The van der Waals surface area contributed by atoms with Gasteiger partial charge in [-0.2, -0.15) is 9.40 Å². The van der Waals surface area contributed by atoms with Gasteiger partial charge in [-0.25, -0.2) is 22.2 Å².